The Labute approximate surface area is 137 Å². The molecule has 0 N–H and O–H groups in total. The van der Waals surface area contributed by atoms with Gasteiger partial charge in [0.15, 0.2) is 0 Å². The smallest absolute Gasteiger partial charge is 0.226 e. The molecule has 2 atom stereocenters. The van der Waals surface area contributed by atoms with E-state index in [0.717, 1.165) is 32.4 Å². The number of hydrogen-bond donors (Lipinski definition) is 0. The summed E-state index contributed by atoms with van der Waals surface area (Å²) in [5.74, 6) is 0.461. The van der Waals surface area contributed by atoms with Gasteiger partial charge in [-0.3, -0.25) is 4.79 Å². The van der Waals surface area contributed by atoms with Crippen molar-refractivity contribution in [1.29, 1.82) is 0 Å². The molecular formula is C20H22N2O. The summed E-state index contributed by atoms with van der Waals surface area (Å²) >= 11 is 0. The summed E-state index contributed by atoms with van der Waals surface area (Å²) < 4.78 is 2.28. The van der Waals surface area contributed by atoms with Crippen LogP contribution in [0.1, 0.15) is 36.6 Å². The van der Waals surface area contributed by atoms with Gasteiger partial charge < -0.3 is 9.47 Å². The first-order chi connectivity index (χ1) is 11.3. The summed E-state index contributed by atoms with van der Waals surface area (Å²) in [5.41, 5.74) is 2.43. The van der Waals surface area contributed by atoms with Gasteiger partial charge in [0.05, 0.1) is 6.04 Å². The predicted octanol–water partition coefficient (Wildman–Crippen LogP) is 3.78. The van der Waals surface area contributed by atoms with E-state index in [2.05, 4.69) is 64.2 Å². The molecule has 2 aromatic rings. The molecule has 0 unspecified atom stereocenters. The molecule has 0 saturated carbocycles. The molecule has 2 heterocycles. The zero-order chi connectivity index (χ0) is 15.6. The van der Waals surface area contributed by atoms with Gasteiger partial charge in [-0.05, 0) is 37.0 Å². The molecule has 1 amide bonds. The third-order valence-electron chi connectivity index (χ3n) is 5.05. The molecule has 0 radical (unpaired) electrons. The Morgan fingerprint density at radius 3 is 2.65 bits per heavy atom. The fourth-order valence-electron chi connectivity index (χ4n) is 3.86. The van der Waals surface area contributed by atoms with Gasteiger partial charge in [-0.15, -0.1) is 0 Å². The summed E-state index contributed by atoms with van der Waals surface area (Å²) in [7, 11) is 0. The zero-order valence-electron chi connectivity index (χ0n) is 13.3. The van der Waals surface area contributed by atoms with Crippen molar-refractivity contribution in [2.75, 3.05) is 6.54 Å². The molecule has 0 bridgehead atoms. The molecule has 1 aliphatic carbocycles. The van der Waals surface area contributed by atoms with Crippen molar-refractivity contribution < 1.29 is 4.79 Å². The minimum atomic E-state index is 0.0401. The van der Waals surface area contributed by atoms with E-state index in [0.29, 0.717) is 5.91 Å². The number of nitrogens with zero attached hydrogens (tertiary/aromatic N) is 2. The van der Waals surface area contributed by atoms with E-state index in [-0.39, 0.29) is 12.0 Å². The van der Waals surface area contributed by atoms with Crippen molar-refractivity contribution in [3.63, 3.8) is 0 Å². The number of carbonyl (C=O) groups excluding carboxylic acids is 1. The van der Waals surface area contributed by atoms with Crippen molar-refractivity contribution in [1.82, 2.24) is 9.47 Å². The number of amides is 1. The lowest BCUT2D eigenvalue weighted by Gasteiger charge is -2.39. The van der Waals surface area contributed by atoms with Gasteiger partial charge >= 0.3 is 0 Å². The molecular weight excluding hydrogens is 284 g/mol. The van der Waals surface area contributed by atoms with Crippen LogP contribution in [-0.2, 0) is 11.3 Å². The quantitative estimate of drug-likeness (QED) is 0.775. The van der Waals surface area contributed by atoms with Crippen LogP contribution in [0.15, 0.2) is 60.8 Å². The van der Waals surface area contributed by atoms with Crippen LogP contribution in [0.5, 0.6) is 0 Å². The molecule has 3 nitrogen and oxygen atoms in total. The Kier molecular flexibility index (Phi) is 3.78. The van der Waals surface area contributed by atoms with Crippen LogP contribution in [0.3, 0.4) is 0 Å². The molecule has 0 saturated heterocycles. The largest absolute Gasteiger partial charge is 0.348 e. The van der Waals surface area contributed by atoms with Gasteiger partial charge in [-0.1, -0.05) is 42.5 Å². The van der Waals surface area contributed by atoms with Crippen molar-refractivity contribution in [3.8, 4) is 0 Å². The zero-order valence-corrected chi connectivity index (χ0v) is 13.3. The maximum atomic E-state index is 13.2. The summed E-state index contributed by atoms with van der Waals surface area (Å²) in [6.07, 6.45) is 9.37. The fourth-order valence-corrected chi connectivity index (χ4v) is 3.86. The topological polar surface area (TPSA) is 25.2 Å². The second kappa shape index (κ2) is 6.07. The number of benzene rings is 1. The highest BCUT2D eigenvalue weighted by Crippen LogP contribution is 2.34. The molecule has 118 valence electrons. The Bertz CT molecular complexity index is 716. The summed E-state index contributed by atoms with van der Waals surface area (Å²) in [6, 6.07) is 14.7. The molecule has 0 spiro atoms. The van der Waals surface area contributed by atoms with E-state index < -0.39 is 0 Å². The average Bonchev–Trinajstić information content (AvgIpc) is 3.10. The highest BCUT2D eigenvalue weighted by Gasteiger charge is 2.35. The Morgan fingerprint density at radius 1 is 1.00 bits per heavy atom. The normalized spacial score (nSPS) is 23.6. The van der Waals surface area contributed by atoms with Crippen molar-refractivity contribution in [3.05, 3.63) is 72.1 Å². The molecule has 23 heavy (non-hydrogen) atoms. The van der Waals surface area contributed by atoms with E-state index in [9.17, 15) is 4.79 Å². The highest BCUT2D eigenvalue weighted by atomic mass is 16.2. The Hall–Kier alpha value is -2.29. The molecule has 1 aliphatic heterocycles. The average molecular weight is 306 g/mol. The van der Waals surface area contributed by atoms with Crippen LogP contribution < -0.4 is 0 Å². The lowest BCUT2D eigenvalue weighted by Crippen LogP contribution is -2.45. The van der Waals surface area contributed by atoms with Crippen molar-refractivity contribution >= 4 is 5.91 Å². The van der Waals surface area contributed by atoms with Crippen LogP contribution in [0.4, 0.5) is 0 Å². The fraction of sp³-hybridized carbons (Fsp3) is 0.350. The van der Waals surface area contributed by atoms with E-state index in [1.807, 2.05) is 6.07 Å². The number of carbonyl (C=O) groups is 1. The lowest BCUT2D eigenvalue weighted by atomic mass is 9.91. The monoisotopic (exact) mass is 306 g/mol. The maximum absolute atomic E-state index is 13.2. The second-order valence-electron chi connectivity index (χ2n) is 6.45. The molecule has 1 aromatic carbocycles. The third kappa shape index (κ3) is 2.61. The van der Waals surface area contributed by atoms with Gasteiger partial charge in [-0.25, -0.2) is 0 Å². The highest BCUT2D eigenvalue weighted by molar-refractivity contribution is 5.80. The first-order valence-electron chi connectivity index (χ1n) is 8.50. The number of fused-ring (bicyclic) bond motifs is 1. The van der Waals surface area contributed by atoms with Crippen LogP contribution in [0.25, 0.3) is 0 Å². The van der Waals surface area contributed by atoms with Gasteiger partial charge in [0.25, 0.3) is 0 Å². The summed E-state index contributed by atoms with van der Waals surface area (Å²) in [4.78, 5) is 15.3. The minimum absolute atomic E-state index is 0.0401. The lowest BCUT2D eigenvalue weighted by molar-refractivity contribution is -0.138. The molecule has 1 aromatic heterocycles. The number of allylic oxidation sites excluding steroid dienone is 2. The predicted molar refractivity (Wildman–Crippen MR) is 90.9 cm³/mol. The summed E-state index contributed by atoms with van der Waals surface area (Å²) in [5, 5.41) is 0. The molecule has 0 fully saturated rings. The van der Waals surface area contributed by atoms with E-state index in [1.165, 1.54) is 11.3 Å². The first kappa shape index (κ1) is 14.3. The van der Waals surface area contributed by atoms with Gasteiger partial charge in [0.2, 0.25) is 5.91 Å². The first-order valence-corrected chi connectivity index (χ1v) is 8.50. The van der Waals surface area contributed by atoms with Crippen LogP contribution in [-0.4, -0.2) is 21.9 Å². The van der Waals surface area contributed by atoms with Crippen LogP contribution >= 0.6 is 0 Å². The molecule has 4 rings (SSSR count). The SMILES string of the molecule is O=C([C@H]1CC=CCC1)N1CCn2cccc2[C@H]1c1ccccc1. The van der Waals surface area contributed by atoms with Crippen molar-refractivity contribution in [2.45, 2.75) is 31.8 Å². The minimum Gasteiger partial charge on any atom is -0.348 e. The maximum Gasteiger partial charge on any atom is 0.226 e. The second-order valence-corrected chi connectivity index (χ2v) is 6.45. The third-order valence-corrected chi connectivity index (χ3v) is 5.05. The van der Waals surface area contributed by atoms with Gasteiger partial charge in [-0.2, -0.15) is 0 Å². The van der Waals surface area contributed by atoms with Gasteiger partial charge in [0, 0.05) is 30.9 Å². The Balaban J connectivity index is 1.70. The van der Waals surface area contributed by atoms with Crippen LogP contribution in [0, 0.1) is 5.92 Å². The number of hydrogen-bond acceptors (Lipinski definition) is 1. The van der Waals surface area contributed by atoms with E-state index in [1.54, 1.807) is 0 Å². The standard InChI is InChI=1S/C20H22N2O/c23-20(17-10-5-2-6-11-17)22-15-14-21-13-7-12-18(21)19(22)16-8-3-1-4-9-16/h1-5,7-9,12-13,17,19H,6,10-11,14-15H2/t17-,19+/m0/s1. The molecule has 2 aliphatic rings. The van der Waals surface area contributed by atoms with Gasteiger partial charge in [0.1, 0.15) is 0 Å². The van der Waals surface area contributed by atoms with E-state index >= 15 is 0 Å². The molecule has 3 heteroatoms. The summed E-state index contributed by atoms with van der Waals surface area (Å²) in [6.45, 7) is 1.68. The van der Waals surface area contributed by atoms with E-state index in [4.69, 9.17) is 0 Å². The Morgan fingerprint density at radius 2 is 1.87 bits per heavy atom. The van der Waals surface area contributed by atoms with Crippen LogP contribution in [0.2, 0.25) is 0 Å². The van der Waals surface area contributed by atoms with Crippen molar-refractivity contribution in [2.24, 2.45) is 5.92 Å². The number of aromatic nitrogens is 1. The number of rotatable bonds is 2.